The Balaban J connectivity index is 1.68. The molecule has 0 bridgehead atoms. The van der Waals surface area contributed by atoms with E-state index in [1.165, 1.54) is 48.5 Å². The zero-order valence-corrected chi connectivity index (χ0v) is 28.5. The molecule has 0 aliphatic carbocycles. The van der Waals surface area contributed by atoms with E-state index in [1.807, 2.05) is 0 Å². The molecule has 0 amide bonds. The molecule has 0 atom stereocenters. The maximum Gasteiger partial charge on any atom is 0.124 e. The molecule has 4 rings (SSSR count). The van der Waals surface area contributed by atoms with Crippen LogP contribution in [0.3, 0.4) is 0 Å². The van der Waals surface area contributed by atoms with Gasteiger partial charge in [-0.1, -0.05) is 48.5 Å². The fourth-order valence-corrected chi connectivity index (χ4v) is 12.0. The molecular formula is C28H24O12P2S4-4. The van der Waals surface area contributed by atoms with Crippen molar-refractivity contribution in [3.63, 3.8) is 0 Å². The van der Waals surface area contributed by atoms with E-state index < -0.39 is 75.9 Å². The molecule has 0 aliphatic heterocycles. The van der Waals surface area contributed by atoms with Gasteiger partial charge in [0.05, 0.1) is 19.6 Å². The fourth-order valence-electron chi connectivity index (χ4n) is 4.58. The predicted octanol–water partition coefficient (Wildman–Crippen LogP) is 1.65. The molecular weight excluding hydrogens is 719 g/mol. The third kappa shape index (κ3) is 9.48. The van der Waals surface area contributed by atoms with E-state index >= 15 is 0 Å². The van der Waals surface area contributed by atoms with E-state index in [2.05, 4.69) is 0 Å². The van der Waals surface area contributed by atoms with Crippen LogP contribution in [0.4, 0.5) is 0 Å². The molecule has 0 aromatic heterocycles. The van der Waals surface area contributed by atoms with E-state index in [9.17, 15) is 51.9 Å². The molecule has 246 valence electrons. The number of hydrogen-bond donors (Lipinski definition) is 0. The van der Waals surface area contributed by atoms with Gasteiger partial charge in [0.2, 0.25) is 0 Å². The zero-order chi connectivity index (χ0) is 33.9. The minimum absolute atomic E-state index is 0.340. The van der Waals surface area contributed by atoms with Crippen molar-refractivity contribution >= 4 is 77.5 Å². The van der Waals surface area contributed by atoms with Crippen molar-refractivity contribution < 1.29 is 51.9 Å². The minimum Gasteiger partial charge on any atom is -0.744 e. The Bertz CT molecular complexity index is 1880. The van der Waals surface area contributed by atoms with Gasteiger partial charge in [-0.3, -0.25) is 0 Å². The Morgan fingerprint density at radius 2 is 0.609 bits per heavy atom. The summed E-state index contributed by atoms with van der Waals surface area (Å²) in [6.07, 6.45) is 1.53. The summed E-state index contributed by atoms with van der Waals surface area (Å²) in [4.78, 5) is -1.91. The summed E-state index contributed by atoms with van der Waals surface area (Å²) in [5.41, 5.74) is 0. The van der Waals surface area contributed by atoms with Crippen molar-refractivity contribution in [2.75, 3.05) is 12.3 Å². The first kappa shape index (κ1) is 36.2. The summed E-state index contributed by atoms with van der Waals surface area (Å²) in [6.45, 7) is 0. The van der Waals surface area contributed by atoms with Gasteiger partial charge in [-0.25, -0.2) is 33.7 Å². The second-order valence-electron chi connectivity index (χ2n) is 9.82. The second kappa shape index (κ2) is 14.2. The molecule has 0 spiro atoms. The van der Waals surface area contributed by atoms with Crippen LogP contribution >= 0.6 is 15.8 Å². The van der Waals surface area contributed by atoms with Gasteiger partial charge in [0, 0.05) is 0 Å². The van der Waals surface area contributed by atoms with E-state index in [1.54, 1.807) is 24.3 Å². The Hall–Kier alpha value is -2.62. The lowest BCUT2D eigenvalue weighted by Gasteiger charge is -2.23. The van der Waals surface area contributed by atoms with Gasteiger partial charge in [0.15, 0.2) is 0 Å². The van der Waals surface area contributed by atoms with Crippen molar-refractivity contribution in [1.82, 2.24) is 0 Å². The van der Waals surface area contributed by atoms with Gasteiger partial charge >= 0.3 is 0 Å². The van der Waals surface area contributed by atoms with E-state index in [0.29, 0.717) is 46.4 Å². The van der Waals surface area contributed by atoms with Crippen molar-refractivity contribution in [3.8, 4) is 0 Å². The Morgan fingerprint density at radius 3 is 0.804 bits per heavy atom. The summed E-state index contributed by atoms with van der Waals surface area (Å²) >= 11 is 0. The van der Waals surface area contributed by atoms with E-state index in [-0.39, 0.29) is 0 Å². The molecule has 4 aromatic rings. The van der Waals surface area contributed by atoms with Crippen LogP contribution in [-0.4, -0.2) is 64.2 Å². The fraction of sp³-hybridized carbons (Fsp3) is 0.143. The van der Waals surface area contributed by atoms with Crippen LogP contribution in [0.2, 0.25) is 0 Å². The third-order valence-corrected chi connectivity index (χ3v) is 15.1. The van der Waals surface area contributed by atoms with Crippen LogP contribution in [0, 0.1) is 0 Å². The zero-order valence-electron chi connectivity index (χ0n) is 23.5. The summed E-state index contributed by atoms with van der Waals surface area (Å²) in [7, 11) is -22.2. The highest BCUT2D eigenvalue weighted by molar-refractivity contribution is 7.86. The molecule has 0 saturated carbocycles. The van der Waals surface area contributed by atoms with E-state index in [0.717, 1.165) is 24.3 Å². The van der Waals surface area contributed by atoms with Gasteiger partial charge in [-0.15, -0.1) is 0 Å². The largest absolute Gasteiger partial charge is 0.744 e. The quantitative estimate of drug-likeness (QED) is 0.108. The summed E-state index contributed by atoms with van der Waals surface area (Å²) < 4.78 is 141. The standard InChI is InChI=1S/C28H28O12P2S4/c29-43(30,31)25-11-3-7-21(17-25)41(22-8-4-12-26(18-22)44(32,33)34)15-1-2-16-42(23-9-5-13-27(19-23)45(35,36)37)24-10-6-14-28(20-24)46(38,39)40/h3-14,17-20H,1-2,15-16H2,(H,29,30,31)(H,32,33,34)(H,35,36,37)(H,38,39,40)/p-4. The molecule has 0 heterocycles. The number of hydrogen-bond acceptors (Lipinski definition) is 12. The Morgan fingerprint density at radius 1 is 0.391 bits per heavy atom. The highest BCUT2D eigenvalue weighted by Crippen LogP contribution is 2.39. The smallest absolute Gasteiger partial charge is 0.124 e. The van der Waals surface area contributed by atoms with Gasteiger partial charge in [-0.2, -0.15) is 0 Å². The predicted molar refractivity (Wildman–Crippen MR) is 169 cm³/mol. The average Bonchev–Trinajstić information content (AvgIpc) is 2.97. The maximum absolute atomic E-state index is 11.7. The summed E-state index contributed by atoms with van der Waals surface area (Å²) in [5.74, 6) is 0. The van der Waals surface area contributed by atoms with Crippen LogP contribution in [0.5, 0.6) is 0 Å². The molecule has 46 heavy (non-hydrogen) atoms. The van der Waals surface area contributed by atoms with Crippen molar-refractivity contribution in [1.29, 1.82) is 0 Å². The maximum atomic E-state index is 11.7. The average molecular weight is 743 g/mol. The molecule has 4 aromatic carbocycles. The first-order valence-electron chi connectivity index (χ1n) is 13.1. The van der Waals surface area contributed by atoms with Gasteiger partial charge < -0.3 is 18.2 Å². The number of rotatable bonds is 13. The molecule has 0 unspecified atom stereocenters. The summed E-state index contributed by atoms with van der Waals surface area (Å²) in [5, 5.41) is 1.76. The topological polar surface area (TPSA) is 229 Å². The summed E-state index contributed by atoms with van der Waals surface area (Å²) in [6, 6.07) is 21.3. The van der Waals surface area contributed by atoms with Crippen LogP contribution in [-0.2, 0) is 40.5 Å². The highest BCUT2D eigenvalue weighted by Gasteiger charge is 2.20. The highest BCUT2D eigenvalue weighted by atomic mass is 32.2. The first-order chi connectivity index (χ1) is 21.3. The molecule has 0 fully saturated rings. The minimum atomic E-state index is -4.81. The second-order valence-corrected chi connectivity index (χ2v) is 20.0. The van der Waals surface area contributed by atoms with Crippen molar-refractivity contribution in [2.24, 2.45) is 0 Å². The van der Waals surface area contributed by atoms with Crippen LogP contribution < -0.4 is 21.2 Å². The van der Waals surface area contributed by atoms with Gasteiger partial charge in [0.1, 0.15) is 40.5 Å². The lowest BCUT2D eigenvalue weighted by atomic mass is 10.3. The molecule has 12 nitrogen and oxygen atoms in total. The van der Waals surface area contributed by atoms with Gasteiger partial charge in [0.25, 0.3) is 0 Å². The van der Waals surface area contributed by atoms with Crippen LogP contribution in [0.15, 0.2) is 117 Å². The van der Waals surface area contributed by atoms with Gasteiger partial charge in [-0.05, 0) is 111 Å². The molecule has 0 radical (unpaired) electrons. The van der Waals surface area contributed by atoms with E-state index in [4.69, 9.17) is 0 Å². The van der Waals surface area contributed by atoms with Crippen LogP contribution in [0.25, 0.3) is 0 Å². The third-order valence-electron chi connectivity index (χ3n) is 6.69. The molecule has 0 aliphatic rings. The lowest BCUT2D eigenvalue weighted by Crippen LogP contribution is -2.18. The SMILES string of the molecule is O=S(=O)([O-])c1cccc(P(CCCCP(c2cccc(S(=O)(=O)[O-])c2)c2cccc(S(=O)(=O)[O-])c2)c2cccc(S(=O)(=O)[O-])c2)c1. The molecule has 18 heteroatoms. The Labute approximate surface area is 270 Å². The number of benzene rings is 4. The van der Waals surface area contributed by atoms with Crippen molar-refractivity contribution in [3.05, 3.63) is 97.1 Å². The molecule has 0 saturated heterocycles. The van der Waals surface area contributed by atoms with Crippen molar-refractivity contribution in [2.45, 2.75) is 32.4 Å². The normalized spacial score (nSPS) is 12.9. The Kier molecular flexibility index (Phi) is 11.2. The first-order valence-corrected chi connectivity index (χ1v) is 21.8. The van der Waals surface area contributed by atoms with Crippen LogP contribution in [0.1, 0.15) is 12.8 Å². The lowest BCUT2D eigenvalue weighted by molar-refractivity contribution is 0.461. The monoisotopic (exact) mass is 742 g/mol. The molecule has 0 N–H and O–H groups in total. The number of unbranched alkanes of at least 4 members (excludes halogenated alkanes) is 1.